The maximum absolute atomic E-state index is 12.8. The Bertz CT molecular complexity index is 446. The van der Waals surface area contributed by atoms with Crippen molar-refractivity contribution < 1.29 is 18.0 Å². The lowest BCUT2D eigenvalue weighted by molar-refractivity contribution is -0.137. The number of rotatable bonds is 4. The third-order valence-electron chi connectivity index (χ3n) is 2.76. The number of amides is 1. The molecule has 0 fully saturated rings. The molecule has 1 unspecified atom stereocenters. The summed E-state index contributed by atoms with van der Waals surface area (Å²) in [6, 6.07) is 4.33. The largest absolute Gasteiger partial charge is 0.417 e. The lowest BCUT2D eigenvalue weighted by atomic mass is 10.0. The van der Waals surface area contributed by atoms with Gasteiger partial charge in [0.25, 0.3) is 5.91 Å². The van der Waals surface area contributed by atoms with Gasteiger partial charge in [-0.05, 0) is 18.1 Å². The molecule has 1 aromatic carbocycles. The fourth-order valence-electron chi connectivity index (χ4n) is 1.56. The average Bonchev–Trinajstić information content (AvgIpc) is 2.34. The van der Waals surface area contributed by atoms with Gasteiger partial charge in [0.05, 0.1) is 11.1 Å². The van der Waals surface area contributed by atoms with E-state index in [1.54, 1.807) is 0 Å². The summed E-state index contributed by atoms with van der Waals surface area (Å²) >= 11 is 5.69. The van der Waals surface area contributed by atoms with E-state index in [0.29, 0.717) is 0 Å². The van der Waals surface area contributed by atoms with E-state index < -0.39 is 17.6 Å². The fourth-order valence-corrected chi connectivity index (χ4v) is 1.99. The minimum Gasteiger partial charge on any atom is -0.348 e. The van der Waals surface area contributed by atoms with Gasteiger partial charge < -0.3 is 5.32 Å². The highest BCUT2D eigenvalue weighted by Crippen LogP contribution is 2.31. The molecule has 1 atom stereocenters. The van der Waals surface area contributed by atoms with Crippen LogP contribution in [0.1, 0.15) is 29.8 Å². The van der Waals surface area contributed by atoms with Gasteiger partial charge in [0.1, 0.15) is 0 Å². The molecule has 1 N–H and O–H groups in total. The van der Waals surface area contributed by atoms with E-state index in [9.17, 15) is 18.0 Å². The lowest BCUT2D eigenvalue weighted by Gasteiger charge is -2.21. The molecule has 0 spiro atoms. The Morgan fingerprint density at radius 2 is 1.89 bits per heavy atom. The smallest absolute Gasteiger partial charge is 0.348 e. The number of nitrogens with one attached hydrogen (secondary N) is 1. The van der Waals surface area contributed by atoms with Crippen LogP contribution in [-0.2, 0) is 6.18 Å². The molecule has 0 aliphatic heterocycles. The van der Waals surface area contributed by atoms with Gasteiger partial charge in [-0.2, -0.15) is 13.2 Å². The molecule has 0 saturated heterocycles. The van der Waals surface area contributed by atoms with Crippen LogP contribution in [0.3, 0.4) is 0 Å². The molecule has 0 aromatic heterocycles. The number of benzene rings is 1. The van der Waals surface area contributed by atoms with E-state index in [2.05, 4.69) is 5.32 Å². The molecule has 19 heavy (non-hydrogen) atoms. The first-order valence-corrected chi connectivity index (χ1v) is 6.34. The van der Waals surface area contributed by atoms with Crippen LogP contribution < -0.4 is 5.32 Å². The van der Waals surface area contributed by atoms with E-state index >= 15 is 0 Å². The van der Waals surface area contributed by atoms with Crippen LogP contribution in [0.15, 0.2) is 24.3 Å². The zero-order chi connectivity index (χ0) is 14.6. The molecular weight excluding hydrogens is 279 g/mol. The Morgan fingerprint density at radius 3 is 2.37 bits per heavy atom. The van der Waals surface area contributed by atoms with Gasteiger partial charge in [-0.3, -0.25) is 4.79 Å². The van der Waals surface area contributed by atoms with Gasteiger partial charge in [-0.25, -0.2) is 0 Å². The summed E-state index contributed by atoms with van der Waals surface area (Å²) in [6.07, 6.45) is -4.55. The van der Waals surface area contributed by atoms with Gasteiger partial charge >= 0.3 is 6.18 Å². The van der Waals surface area contributed by atoms with Crippen molar-refractivity contribution >= 4 is 17.5 Å². The predicted octanol–water partition coefficient (Wildman–Crippen LogP) is 3.70. The quantitative estimate of drug-likeness (QED) is 0.843. The minimum atomic E-state index is -4.55. The molecule has 0 bridgehead atoms. The number of hydrogen-bond donors (Lipinski definition) is 1. The minimum absolute atomic E-state index is 0.0412. The summed E-state index contributed by atoms with van der Waals surface area (Å²) in [4.78, 5) is 11.9. The van der Waals surface area contributed by atoms with Crippen LogP contribution in [0.2, 0.25) is 0 Å². The van der Waals surface area contributed by atoms with E-state index in [1.165, 1.54) is 12.1 Å². The van der Waals surface area contributed by atoms with Crippen molar-refractivity contribution in [2.24, 2.45) is 5.92 Å². The molecule has 0 radical (unpaired) electrons. The second-order valence-electron chi connectivity index (χ2n) is 4.52. The van der Waals surface area contributed by atoms with Crippen LogP contribution >= 0.6 is 11.6 Å². The van der Waals surface area contributed by atoms with Crippen molar-refractivity contribution in [2.75, 3.05) is 5.88 Å². The summed E-state index contributed by atoms with van der Waals surface area (Å²) in [5, 5.41) is 2.52. The highest BCUT2D eigenvalue weighted by molar-refractivity contribution is 6.18. The van der Waals surface area contributed by atoms with Crippen molar-refractivity contribution in [3.05, 3.63) is 35.4 Å². The Kier molecular flexibility index (Phi) is 5.23. The molecular formula is C13H15ClF3NO. The normalized spacial score (nSPS) is 13.4. The second-order valence-corrected chi connectivity index (χ2v) is 4.83. The summed E-state index contributed by atoms with van der Waals surface area (Å²) < 4.78 is 38.3. The van der Waals surface area contributed by atoms with Crippen LogP contribution in [0.25, 0.3) is 0 Å². The molecule has 1 aromatic rings. The molecule has 106 valence electrons. The molecule has 0 aliphatic carbocycles. The summed E-state index contributed by atoms with van der Waals surface area (Å²) in [5.74, 6) is -0.566. The number of alkyl halides is 4. The molecule has 1 amide bonds. The highest BCUT2D eigenvalue weighted by Gasteiger charge is 2.35. The SMILES string of the molecule is CC(C)C(CCl)NC(=O)c1ccccc1C(F)(F)F. The molecule has 2 nitrogen and oxygen atoms in total. The fraction of sp³-hybridized carbons (Fsp3) is 0.462. The molecule has 0 heterocycles. The van der Waals surface area contributed by atoms with Crippen LogP contribution in [0, 0.1) is 5.92 Å². The summed E-state index contributed by atoms with van der Waals surface area (Å²) in [7, 11) is 0. The van der Waals surface area contributed by atoms with Crippen molar-refractivity contribution in [2.45, 2.75) is 26.1 Å². The maximum atomic E-state index is 12.8. The first-order valence-electron chi connectivity index (χ1n) is 5.80. The first kappa shape index (κ1) is 15.8. The van der Waals surface area contributed by atoms with Gasteiger partial charge in [-0.15, -0.1) is 11.6 Å². The average molecular weight is 294 g/mol. The number of halogens is 4. The third kappa shape index (κ3) is 4.13. The van der Waals surface area contributed by atoms with Gasteiger partial charge in [0, 0.05) is 11.9 Å². The number of carbonyl (C=O) groups is 1. The Hall–Kier alpha value is -1.23. The monoisotopic (exact) mass is 293 g/mol. The number of hydrogen-bond acceptors (Lipinski definition) is 1. The van der Waals surface area contributed by atoms with Crippen LogP contribution in [0.4, 0.5) is 13.2 Å². The van der Waals surface area contributed by atoms with Crippen LogP contribution in [0.5, 0.6) is 0 Å². The molecule has 0 saturated carbocycles. The zero-order valence-electron chi connectivity index (χ0n) is 10.6. The summed E-state index contributed by atoms with van der Waals surface area (Å²) in [6.45, 7) is 3.67. The zero-order valence-corrected chi connectivity index (χ0v) is 11.3. The van der Waals surface area contributed by atoms with E-state index in [1.807, 2.05) is 13.8 Å². The van der Waals surface area contributed by atoms with Crippen LogP contribution in [-0.4, -0.2) is 17.8 Å². The van der Waals surface area contributed by atoms with Gasteiger partial charge in [0.2, 0.25) is 0 Å². The topological polar surface area (TPSA) is 29.1 Å². The molecule has 6 heteroatoms. The third-order valence-corrected chi connectivity index (χ3v) is 3.10. The second kappa shape index (κ2) is 6.28. The Labute approximate surface area is 114 Å². The maximum Gasteiger partial charge on any atom is 0.417 e. The lowest BCUT2D eigenvalue weighted by Crippen LogP contribution is -2.40. The Balaban J connectivity index is 3.01. The molecule has 1 rings (SSSR count). The van der Waals surface area contributed by atoms with Gasteiger partial charge in [0.15, 0.2) is 0 Å². The van der Waals surface area contributed by atoms with E-state index in [0.717, 1.165) is 12.1 Å². The number of carbonyl (C=O) groups excluding carboxylic acids is 1. The summed E-state index contributed by atoms with van der Waals surface area (Å²) in [5.41, 5.74) is -1.32. The van der Waals surface area contributed by atoms with Crippen molar-refractivity contribution in [1.29, 1.82) is 0 Å². The van der Waals surface area contributed by atoms with Gasteiger partial charge in [-0.1, -0.05) is 26.0 Å². The predicted molar refractivity (Wildman–Crippen MR) is 68.3 cm³/mol. The Morgan fingerprint density at radius 1 is 1.32 bits per heavy atom. The van der Waals surface area contributed by atoms with E-state index in [4.69, 9.17) is 11.6 Å². The van der Waals surface area contributed by atoms with Crippen molar-refractivity contribution in [1.82, 2.24) is 5.32 Å². The standard InChI is InChI=1S/C13H15ClF3NO/c1-8(2)11(7-14)18-12(19)9-5-3-4-6-10(9)13(15,16)17/h3-6,8,11H,7H2,1-2H3,(H,18,19). The van der Waals surface area contributed by atoms with E-state index in [-0.39, 0.29) is 23.4 Å². The molecule has 0 aliphatic rings. The van der Waals surface area contributed by atoms with Crippen molar-refractivity contribution in [3.63, 3.8) is 0 Å². The highest BCUT2D eigenvalue weighted by atomic mass is 35.5. The first-order chi connectivity index (χ1) is 8.77. The van der Waals surface area contributed by atoms with Crippen molar-refractivity contribution in [3.8, 4) is 0 Å².